The number of halogens is 6. The van der Waals surface area contributed by atoms with Gasteiger partial charge in [0.25, 0.3) is 0 Å². The lowest BCUT2D eigenvalue weighted by Gasteiger charge is -2.21. The average Bonchev–Trinajstić information content (AvgIpc) is 3.42. The monoisotopic (exact) mass is 566 g/mol. The van der Waals surface area contributed by atoms with Crippen LogP contribution in [0.15, 0.2) is 46.5 Å². The van der Waals surface area contributed by atoms with Crippen LogP contribution in [0.3, 0.4) is 0 Å². The van der Waals surface area contributed by atoms with Crippen molar-refractivity contribution in [2.24, 2.45) is 11.0 Å². The van der Waals surface area contributed by atoms with Gasteiger partial charge in [-0.2, -0.15) is 23.4 Å². The minimum atomic E-state index is -4.68. The Bertz CT molecular complexity index is 1480. The molecule has 4 aromatic rings. The minimum Gasteiger partial charge on any atom is -0.382 e. The molecule has 0 spiro atoms. The number of hydrogen-bond acceptors (Lipinski definition) is 7. The molecule has 186 valence electrons. The third-order valence-electron chi connectivity index (χ3n) is 5.96. The van der Waals surface area contributed by atoms with Crippen molar-refractivity contribution in [3.05, 3.63) is 64.5 Å². The summed E-state index contributed by atoms with van der Waals surface area (Å²) in [7, 11) is 0. The quantitative estimate of drug-likeness (QED) is 0.347. The maximum atomic E-state index is 14.3. The lowest BCUT2D eigenvalue weighted by Crippen LogP contribution is -2.23. The second-order valence-electron chi connectivity index (χ2n) is 8.17. The van der Waals surface area contributed by atoms with Crippen molar-refractivity contribution in [2.75, 3.05) is 17.3 Å². The molecular weight excluding hydrogens is 551 g/mol. The first-order valence-corrected chi connectivity index (χ1v) is 11.3. The highest BCUT2D eigenvalue weighted by Crippen LogP contribution is 2.43. The zero-order valence-corrected chi connectivity index (χ0v) is 20.0. The number of rotatable bonds is 4. The lowest BCUT2D eigenvalue weighted by atomic mass is 9.92. The van der Waals surface area contributed by atoms with Gasteiger partial charge in [0.15, 0.2) is 11.6 Å². The van der Waals surface area contributed by atoms with Crippen LogP contribution in [0.25, 0.3) is 16.6 Å². The van der Waals surface area contributed by atoms with Gasteiger partial charge >= 0.3 is 6.18 Å². The zero-order valence-electron chi connectivity index (χ0n) is 18.4. The molecular formula is C22H16BrF5N8. The van der Waals surface area contributed by atoms with Crippen molar-refractivity contribution in [2.45, 2.75) is 19.0 Å². The molecule has 0 saturated heterocycles. The highest BCUT2D eigenvalue weighted by molar-refractivity contribution is 9.10. The van der Waals surface area contributed by atoms with Gasteiger partial charge in [0.1, 0.15) is 17.7 Å². The van der Waals surface area contributed by atoms with Crippen LogP contribution < -0.4 is 10.7 Å². The highest BCUT2D eigenvalue weighted by Gasteiger charge is 2.35. The largest absolute Gasteiger partial charge is 0.451 e. The van der Waals surface area contributed by atoms with E-state index in [0.29, 0.717) is 27.8 Å². The summed E-state index contributed by atoms with van der Waals surface area (Å²) in [5.74, 6) is -3.09. The molecule has 2 unspecified atom stereocenters. The van der Waals surface area contributed by atoms with Gasteiger partial charge in [0, 0.05) is 52.1 Å². The summed E-state index contributed by atoms with van der Waals surface area (Å²) >= 11 is 3.57. The van der Waals surface area contributed by atoms with Crippen LogP contribution in [0, 0.1) is 17.6 Å². The standard InChI is InChI=1S/C22H16BrF5N8/c1-10(12-7-33-35(8-12)15-3-2-13(24)4-14(15)25)18-17(23)16(19-20(29)32-9-34-36(18)19)11-5-30-21(31-6-11)22(26,27)28/h2-7,9-10,12H,8H2,1H3,(H2,29,32,34). The summed E-state index contributed by atoms with van der Waals surface area (Å²) in [6, 6.07) is 3.26. The molecule has 1 aliphatic rings. The van der Waals surface area contributed by atoms with Crippen LogP contribution in [0.2, 0.25) is 0 Å². The van der Waals surface area contributed by atoms with Crippen molar-refractivity contribution < 1.29 is 22.0 Å². The van der Waals surface area contributed by atoms with E-state index in [1.165, 1.54) is 17.4 Å². The molecule has 2 N–H and O–H groups in total. The van der Waals surface area contributed by atoms with Gasteiger partial charge in [-0.25, -0.2) is 28.2 Å². The number of alkyl halides is 3. The topological polar surface area (TPSA) is 97.6 Å². The molecule has 0 saturated carbocycles. The van der Waals surface area contributed by atoms with Gasteiger partial charge in [0.2, 0.25) is 5.82 Å². The molecule has 1 aliphatic heterocycles. The van der Waals surface area contributed by atoms with E-state index < -0.39 is 23.6 Å². The van der Waals surface area contributed by atoms with Crippen molar-refractivity contribution in [3.8, 4) is 11.1 Å². The Morgan fingerprint density at radius 3 is 2.53 bits per heavy atom. The first-order valence-electron chi connectivity index (χ1n) is 10.5. The van der Waals surface area contributed by atoms with Crippen molar-refractivity contribution >= 4 is 39.2 Å². The number of nitrogen functional groups attached to an aromatic ring is 1. The number of fused-ring (bicyclic) bond motifs is 1. The number of hydrogen-bond donors (Lipinski definition) is 1. The summed E-state index contributed by atoms with van der Waals surface area (Å²) in [6.45, 7) is 2.20. The molecule has 0 amide bonds. The van der Waals surface area contributed by atoms with Gasteiger partial charge in [-0.3, -0.25) is 5.01 Å². The molecule has 3 aromatic heterocycles. The smallest absolute Gasteiger partial charge is 0.382 e. The first kappa shape index (κ1) is 24.0. The summed E-state index contributed by atoms with van der Waals surface area (Å²) in [6.07, 6.45) is 0.365. The molecule has 1 aromatic carbocycles. The van der Waals surface area contributed by atoms with Gasteiger partial charge in [-0.05, 0) is 28.1 Å². The molecule has 4 heterocycles. The van der Waals surface area contributed by atoms with E-state index in [1.54, 1.807) is 10.7 Å². The molecule has 0 fully saturated rings. The summed E-state index contributed by atoms with van der Waals surface area (Å²) < 4.78 is 68.6. The second kappa shape index (κ2) is 8.76. The van der Waals surface area contributed by atoms with Gasteiger partial charge in [-0.1, -0.05) is 6.92 Å². The maximum Gasteiger partial charge on any atom is 0.451 e. The molecule has 2 atom stereocenters. The van der Waals surface area contributed by atoms with E-state index in [9.17, 15) is 22.0 Å². The Hall–Kier alpha value is -3.68. The Morgan fingerprint density at radius 1 is 1.14 bits per heavy atom. The van der Waals surface area contributed by atoms with Crippen LogP contribution in [-0.4, -0.2) is 37.3 Å². The number of anilines is 2. The van der Waals surface area contributed by atoms with E-state index in [0.717, 1.165) is 24.5 Å². The molecule has 0 bridgehead atoms. The van der Waals surface area contributed by atoms with E-state index in [2.05, 4.69) is 41.1 Å². The summed E-state index contributed by atoms with van der Waals surface area (Å²) in [5.41, 5.74) is 7.99. The third-order valence-corrected chi connectivity index (χ3v) is 6.77. The number of aromatic nitrogens is 5. The van der Waals surface area contributed by atoms with Crippen LogP contribution in [-0.2, 0) is 6.18 Å². The van der Waals surface area contributed by atoms with Crippen LogP contribution in [0.1, 0.15) is 24.4 Å². The minimum absolute atomic E-state index is 0.106. The molecule has 36 heavy (non-hydrogen) atoms. The first-order chi connectivity index (χ1) is 17.1. The fourth-order valence-corrected chi connectivity index (χ4v) is 5.12. The van der Waals surface area contributed by atoms with Gasteiger partial charge in [0.05, 0.1) is 17.9 Å². The van der Waals surface area contributed by atoms with E-state index >= 15 is 0 Å². The van der Waals surface area contributed by atoms with E-state index in [4.69, 9.17) is 5.73 Å². The Balaban J connectivity index is 1.54. The normalized spacial score (nSPS) is 16.8. The van der Waals surface area contributed by atoms with Gasteiger partial charge < -0.3 is 5.73 Å². The Kier molecular flexibility index (Phi) is 5.85. The fourth-order valence-electron chi connectivity index (χ4n) is 4.17. The van der Waals surface area contributed by atoms with Crippen molar-refractivity contribution in [1.29, 1.82) is 0 Å². The van der Waals surface area contributed by atoms with E-state index in [1.807, 2.05) is 6.92 Å². The highest BCUT2D eigenvalue weighted by atomic mass is 79.9. The Labute approximate surface area is 208 Å². The van der Waals surface area contributed by atoms with Crippen molar-refractivity contribution in [1.82, 2.24) is 24.6 Å². The molecule has 0 radical (unpaired) electrons. The van der Waals surface area contributed by atoms with Gasteiger partial charge in [-0.15, -0.1) is 0 Å². The van der Waals surface area contributed by atoms with E-state index in [-0.39, 0.29) is 28.9 Å². The third kappa shape index (κ3) is 4.04. The number of nitrogens with zero attached hydrogens (tertiary/aromatic N) is 7. The predicted molar refractivity (Wildman–Crippen MR) is 125 cm³/mol. The average molecular weight is 567 g/mol. The molecule has 0 aliphatic carbocycles. The molecule has 14 heteroatoms. The van der Waals surface area contributed by atoms with Crippen molar-refractivity contribution in [3.63, 3.8) is 0 Å². The summed E-state index contributed by atoms with van der Waals surface area (Å²) in [5, 5.41) is 10.0. The SMILES string of the molecule is CC(c1c(Br)c(-c2cnc(C(F)(F)F)nc2)c2c(N)ncnn12)C1C=NN(c2ccc(F)cc2F)C1. The Morgan fingerprint density at radius 2 is 1.86 bits per heavy atom. The number of benzene rings is 1. The fraction of sp³-hybridized carbons (Fsp3) is 0.227. The lowest BCUT2D eigenvalue weighted by molar-refractivity contribution is -0.144. The predicted octanol–water partition coefficient (Wildman–Crippen LogP) is 5.05. The van der Waals surface area contributed by atoms with Crippen LogP contribution in [0.5, 0.6) is 0 Å². The number of hydrazone groups is 1. The molecule has 5 rings (SSSR count). The van der Waals surface area contributed by atoms with Crippen LogP contribution >= 0.6 is 15.9 Å². The molecule has 8 nitrogen and oxygen atoms in total. The summed E-state index contributed by atoms with van der Waals surface area (Å²) in [4.78, 5) is 10.9. The number of nitrogens with two attached hydrogens (primary N) is 1. The maximum absolute atomic E-state index is 14.3. The second-order valence-corrected chi connectivity index (χ2v) is 8.96. The zero-order chi connectivity index (χ0) is 25.8. The van der Waals surface area contributed by atoms with Crippen LogP contribution in [0.4, 0.5) is 33.5 Å².